The van der Waals surface area contributed by atoms with Crippen molar-refractivity contribution in [1.29, 1.82) is 5.41 Å². The van der Waals surface area contributed by atoms with E-state index >= 15 is 0 Å². The summed E-state index contributed by atoms with van der Waals surface area (Å²) < 4.78 is 0. The van der Waals surface area contributed by atoms with Crippen LogP contribution in [-0.4, -0.2) is 17.2 Å². The Kier molecular flexibility index (Phi) is 3.97. The minimum Gasteiger partial charge on any atom is -0.370 e. The van der Waals surface area contributed by atoms with E-state index in [1.165, 1.54) is 0 Å². The molecule has 0 unspecified atom stereocenters. The third-order valence-electron chi connectivity index (χ3n) is 1.75. The lowest BCUT2D eigenvalue weighted by atomic mass is 10.2. The molecule has 0 atom stereocenters. The Hall–Kier alpha value is -2.43. The second-order valence-electron chi connectivity index (χ2n) is 3.03. The molecule has 0 radical (unpaired) electrons. The molecule has 0 fully saturated rings. The molecule has 0 aliphatic rings. The van der Waals surface area contributed by atoms with Gasteiger partial charge in [0.2, 0.25) is 0 Å². The largest absolute Gasteiger partial charge is 0.370 e. The molecule has 5 N–H and O–H groups in total. The minimum atomic E-state index is -0.333. The van der Waals surface area contributed by atoms with Crippen molar-refractivity contribution in [3.63, 3.8) is 0 Å². The van der Waals surface area contributed by atoms with Gasteiger partial charge in [-0.05, 0) is 12.1 Å². The highest BCUT2D eigenvalue weighted by Gasteiger charge is 1.94. The van der Waals surface area contributed by atoms with Crippen LogP contribution >= 0.6 is 0 Å². The zero-order valence-electron chi connectivity index (χ0n) is 8.55. The lowest BCUT2D eigenvalue weighted by molar-refractivity contribution is 0.112. The number of rotatable bonds is 1. The number of hydrogen-bond acceptors (Lipinski definition) is 3. The summed E-state index contributed by atoms with van der Waals surface area (Å²) in [5.74, 6) is -0.333. The Balaban J connectivity index is 0.000000280. The first-order valence-corrected chi connectivity index (χ1v) is 4.53. The van der Waals surface area contributed by atoms with E-state index in [4.69, 9.17) is 5.41 Å². The highest BCUT2D eigenvalue weighted by molar-refractivity contribution is 5.85. The van der Waals surface area contributed by atoms with E-state index in [2.05, 4.69) is 16.5 Å². The van der Waals surface area contributed by atoms with Gasteiger partial charge in [-0.15, -0.1) is 0 Å². The van der Waals surface area contributed by atoms with Crippen molar-refractivity contribution in [2.75, 3.05) is 0 Å². The van der Waals surface area contributed by atoms with E-state index in [0.29, 0.717) is 5.56 Å². The zero-order chi connectivity index (χ0) is 12.0. The second-order valence-corrected chi connectivity index (χ2v) is 3.03. The van der Waals surface area contributed by atoms with Crippen molar-refractivity contribution in [2.45, 2.75) is 0 Å². The number of pyridine rings is 1. The summed E-state index contributed by atoms with van der Waals surface area (Å²) in [5.41, 5.74) is 10.5. The van der Waals surface area contributed by atoms with Crippen molar-refractivity contribution < 1.29 is 4.79 Å². The number of fused-ring (bicyclic) bond motifs is 1. The molecule has 5 heteroatoms. The number of carbonyl (C=O) groups is 1. The van der Waals surface area contributed by atoms with Crippen molar-refractivity contribution in [3.05, 3.63) is 42.1 Å². The molecule has 0 aliphatic heterocycles. The van der Waals surface area contributed by atoms with Crippen LogP contribution in [0.3, 0.4) is 0 Å². The van der Waals surface area contributed by atoms with Crippen molar-refractivity contribution in [3.8, 4) is 0 Å². The molecule has 1 aromatic carbocycles. The SMILES string of the molecule is N=C(N)N.O=Cc1cnc2ccccc2c1. The molecule has 5 nitrogen and oxygen atoms in total. The Morgan fingerprint density at radius 3 is 2.56 bits per heavy atom. The van der Waals surface area contributed by atoms with Gasteiger partial charge in [0.25, 0.3) is 0 Å². The molecule has 1 heterocycles. The van der Waals surface area contributed by atoms with Crippen molar-refractivity contribution >= 4 is 23.1 Å². The van der Waals surface area contributed by atoms with Crippen LogP contribution in [0, 0.1) is 5.41 Å². The van der Waals surface area contributed by atoms with Gasteiger partial charge >= 0.3 is 0 Å². The maximum atomic E-state index is 10.4. The van der Waals surface area contributed by atoms with Gasteiger partial charge in [0.1, 0.15) is 0 Å². The Morgan fingerprint density at radius 2 is 1.94 bits per heavy atom. The number of nitrogens with two attached hydrogens (primary N) is 2. The average molecular weight is 216 g/mol. The molecule has 2 rings (SSSR count). The summed E-state index contributed by atoms with van der Waals surface area (Å²) in [5, 5.41) is 7.06. The number of carbonyl (C=O) groups excluding carboxylic acids is 1. The summed E-state index contributed by atoms with van der Waals surface area (Å²) in [6.07, 6.45) is 2.38. The molecule has 0 saturated carbocycles. The molecule has 2 aromatic rings. The van der Waals surface area contributed by atoms with Crippen LogP contribution in [0.4, 0.5) is 0 Å². The normalized spacial score (nSPS) is 9.00. The fraction of sp³-hybridized carbons (Fsp3) is 0. The topological polar surface area (TPSA) is 106 Å². The average Bonchev–Trinajstić information content (AvgIpc) is 2.27. The molecular weight excluding hydrogens is 204 g/mol. The third kappa shape index (κ3) is 3.38. The second kappa shape index (κ2) is 5.45. The number of nitrogens with zero attached hydrogens (tertiary/aromatic N) is 1. The van der Waals surface area contributed by atoms with Gasteiger partial charge in [-0.2, -0.15) is 0 Å². The van der Waals surface area contributed by atoms with E-state index < -0.39 is 0 Å². The van der Waals surface area contributed by atoms with Gasteiger partial charge in [-0.1, -0.05) is 18.2 Å². The van der Waals surface area contributed by atoms with Gasteiger partial charge < -0.3 is 11.5 Å². The van der Waals surface area contributed by atoms with Crippen molar-refractivity contribution in [1.82, 2.24) is 4.98 Å². The van der Waals surface area contributed by atoms with Crippen molar-refractivity contribution in [2.24, 2.45) is 11.5 Å². The number of hydrogen-bond donors (Lipinski definition) is 3. The van der Waals surface area contributed by atoms with Crippen LogP contribution in [0.25, 0.3) is 10.9 Å². The van der Waals surface area contributed by atoms with Crippen LogP contribution in [0.1, 0.15) is 10.4 Å². The van der Waals surface area contributed by atoms with E-state index in [1.54, 1.807) is 6.20 Å². The Bertz CT molecular complexity index is 506. The molecule has 0 saturated heterocycles. The zero-order valence-corrected chi connectivity index (χ0v) is 8.55. The molecule has 82 valence electrons. The quantitative estimate of drug-likeness (QED) is 0.374. The molecule has 0 spiro atoms. The van der Waals surface area contributed by atoms with Crippen LogP contribution < -0.4 is 11.5 Å². The summed E-state index contributed by atoms with van der Waals surface area (Å²) >= 11 is 0. The molecule has 1 aromatic heterocycles. The lowest BCUT2D eigenvalue weighted by Crippen LogP contribution is -2.20. The first-order valence-electron chi connectivity index (χ1n) is 4.53. The fourth-order valence-electron chi connectivity index (χ4n) is 1.15. The summed E-state index contributed by atoms with van der Waals surface area (Å²) in [6.45, 7) is 0. The van der Waals surface area contributed by atoms with E-state index in [0.717, 1.165) is 17.2 Å². The molecule has 0 bridgehead atoms. The van der Waals surface area contributed by atoms with Crippen LogP contribution in [0.2, 0.25) is 0 Å². The van der Waals surface area contributed by atoms with Gasteiger partial charge in [-0.25, -0.2) is 0 Å². The highest BCUT2D eigenvalue weighted by Crippen LogP contribution is 2.10. The molecule has 0 aliphatic carbocycles. The van der Waals surface area contributed by atoms with E-state index in [9.17, 15) is 4.79 Å². The number of nitrogens with one attached hydrogen (secondary N) is 1. The maximum Gasteiger partial charge on any atom is 0.183 e. The monoisotopic (exact) mass is 216 g/mol. The third-order valence-corrected chi connectivity index (χ3v) is 1.75. The fourth-order valence-corrected chi connectivity index (χ4v) is 1.15. The first-order chi connectivity index (χ1) is 7.63. The number of benzene rings is 1. The Morgan fingerprint density at radius 1 is 1.31 bits per heavy atom. The van der Waals surface area contributed by atoms with E-state index in [1.807, 2.05) is 30.3 Å². The number of aldehydes is 1. The summed E-state index contributed by atoms with van der Waals surface area (Å²) in [4.78, 5) is 14.5. The smallest absolute Gasteiger partial charge is 0.183 e. The van der Waals surface area contributed by atoms with E-state index in [-0.39, 0.29) is 5.96 Å². The highest BCUT2D eigenvalue weighted by atomic mass is 16.1. The van der Waals surface area contributed by atoms with Crippen LogP contribution in [-0.2, 0) is 0 Å². The summed E-state index contributed by atoms with van der Waals surface area (Å²) in [7, 11) is 0. The van der Waals surface area contributed by atoms with Gasteiger partial charge in [0.05, 0.1) is 5.52 Å². The summed E-state index contributed by atoms with van der Waals surface area (Å²) in [6, 6.07) is 9.54. The van der Waals surface area contributed by atoms with Gasteiger partial charge in [0, 0.05) is 17.1 Å². The maximum absolute atomic E-state index is 10.4. The van der Waals surface area contributed by atoms with Gasteiger partial charge in [0.15, 0.2) is 12.2 Å². The predicted octanol–water partition coefficient (Wildman–Crippen LogP) is 0.886. The standard InChI is InChI=1S/C10H7NO.CH5N3/c12-7-8-5-9-3-1-2-4-10(9)11-6-8;2-1(3)4/h1-7H;(H5,2,3,4). The van der Waals surface area contributed by atoms with Crippen LogP contribution in [0.5, 0.6) is 0 Å². The first kappa shape index (κ1) is 11.6. The Labute approximate surface area is 92.6 Å². The minimum absolute atomic E-state index is 0.333. The molecule has 0 amide bonds. The molecular formula is C11H12N4O. The predicted molar refractivity (Wildman–Crippen MR) is 63.2 cm³/mol. The van der Waals surface area contributed by atoms with Gasteiger partial charge in [-0.3, -0.25) is 15.2 Å². The molecule has 16 heavy (non-hydrogen) atoms. The lowest BCUT2D eigenvalue weighted by Gasteiger charge is -1.95. The number of aromatic nitrogens is 1. The number of guanidine groups is 1. The number of para-hydroxylation sites is 1. The van der Waals surface area contributed by atoms with Crippen LogP contribution in [0.15, 0.2) is 36.5 Å².